The molecule has 146 valence electrons. The predicted octanol–water partition coefficient (Wildman–Crippen LogP) is 5.08. The smallest absolute Gasteiger partial charge is 0.335 e. The molecule has 8 heteroatoms. The number of aromatic carboxylic acids is 1. The SMILES string of the molecule is O=C(O)c1ccc(-c2cc3c(-c4cnc(C5(O)CCC5)s4)c(Cl)cnc3[nH]2)cc1. The second-order valence-corrected chi connectivity index (χ2v) is 8.66. The second kappa shape index (κ2) is 6.66. The van der Waals surface area contributed by atoms with Crippen molar-refractivity contribution in [2.45, 2.75) is 24.9 Å². The first kappa shape index (κ1) is 18.3. The molecule has 1 saturated carbocycles. The van der Waals surface area contributed by atoms with Crippen molar-refractivity contribution in [2.24, 2.45) is 0 Å². The number of hydrogen-bond donors (Lipinski definition) is 3. The van der Waals surface area contributed by atoms with Gasteiger partial charge in [-0.25, -0.2) is 14.8 Å². The number of carbonyl (C=O) groups is 1. The molecular formula is C21H16ClN3O3S. The summed E-state index contributed by atoms with van der Waals surface area (Å²) in [5, 5.41) is 21.8. The van der Waals surface area contributed by atoms with Crippen LogP contribution in [0.1, 0.15) is 34.6 Å². The third kappa shape index (κ3) is 3.02. The molecule has 1 fully saturated rings. The average Bonchev–Trinajstić information content (AvgIpc) is 3.33. The molecule has 29 heavy (non-hydrogen) atoms. The van der Waals surface area contributed by atoms with Crippen molar-refractivity contribution in [3.63, 3.8) is 0 Å². The average molecular weight is 426 g/mol. The van der Waals surface area contributed by atoms with Gasteiger partial charge in [0.1, 0.15) is 16.3 Å². The molecule has 3 aromatic heterocycles. The summed E-state index contributed by atoms with van der Waals surface area (Å²) >= 11 is 7.95. The van der Waals surface area contributed by atoms with Gasteiger partial charge in [0.2, 0.25) is 0 Å². The maximum atomic E-state index is 11.1. The third-order valence-electron chi connectivity index (χ3n) is 5.39. The molecule has 1 aliphatic carbocycles. The monoisotopic (exact) mass is 425 g/mol. The number of H-pyrrole nitrogens is 1. The van der Waals surface area contributed by atoms with E-state index in [1.54, 1.807) is 36.7 Å². The van der Waals surface area contributed by atoms with Crippen molar-refractivity contribution < 1.29 is 15.0 Å². The number of benzene rings is 1. The number of nitrogens with one attached hydrogen (secondary N) is 1. The van der Waals surface area contributed by atoms with E-state index in [0.29, 0.717) is 10.7 Å². The first-order valence-corrected chi connectivity index (χ1v) is 10.3. The zero-order valence-electron chi connectivity index (χ0n) is 15.1. The van der Waals surface area contributed by atoms with Crippen molar-refractivity contribution in [3.8, 4) is 21.7 Å². The van der Waals surface area contributed by atoms with E-state index in [2.05, 4.69) is 15.0 Å². The van der Waals surface area contributed by atoms with E-state index in [4.69, 9.17) is 16.7 Å². The van der Waals surface area contributed by atoms with Gasteiger partial charge in [-0.15, -0.1) is 11.3 Å². The number of thiazole rings is 1. The highest BCUT2D eigenvalue weighted by atomic mass is 35.5. The zero-order chi connectivity index (χ0) is 20.2. The van der Waals surface area contributed by atoms with Crippen LogP contribution >= 0.6 is 22.9 Å². The number of carboxylic acid groups (broad SMARTS) is 1. The van der Waals surface area contributed by atoms with Crippen LogP contribution < -0.4 is 0 Å². The molecule has 0 spiro atoms. The van der Waals surface area contributed by atoms with Crippen LogP contribution in [0.15, 0.2) is 42.7 Å². The van der Waals surface area contributed by atoms with Gasteiger partial charge in [0.25, 0.3) is 0 Å². The van der Waals surface area contributed by atoms with Crippen molar-refractivity contribution in [3.05, 3.63) is 58.3 Å². The van der Waals surface area contributed by atoms with E-state index in [0.717, 1.165) is 51.4 Å². The van der Waals surface area contributed by atoms with E-state index in [9.17, 15) is 9.90 Å². The van der Waals surface area contributed by atoms with Gasteiger partial charge >= 0.3 is 5.97 Å². The first-order valence-electron chi connectivity index (χ1n) is 9.15. The normalized spacial score (nSPS) is 15.4. The molecule has 0 bridgehead atoms. The van der Waals surface area contributed by atoms with Crippen molar-refractivity contribution >= 4 is 39.9 Å². The fraction of sp³-hybridized carbons (Fsp3) is 0.190. The molecule has 0 atom stereocenters. The highest BCUT2D eigenvalue weighted by Gasteiger charge is 2.39. The molecule has 5 rings (SSSR count). The lowest BCUT2D eigenvalue weighted by Gasteiger charge is -2.34. The van der Waals surface area contributed by atoms with Crippen LogP contribution in [-0.2, 0) is 5.60 Å². The number of nitrogens with zero attached hydrogens (tertiary/aromatic N) is 2. The van der Waals surface area contributed by atoms with Crippen LogP contribution in [0.5, 0.6) is 0 Å². The number of aromatic amines is 1. The Balaban J connectivity index is 1.59. The molecule has 3 heterocycles. The summed E-state index contributed by atoms with van der Waals surface area (Å²) in [6.45, 7) is 0. The molecule has 4 aromatic rings. The Labute approximate surface area is 174 Å². The van der Waals surface area contributed by atoms with Gasteiger partial charge in [0.15, 0.2) is 0 Å². The summed E-state index contributed by atoms with van der Waals surface area (Å²) in [5.74, 6) is -0.960. The molecule has 1 aromatic carbocycles. The fourth-order valence-electron chi connectivity index (χ4n) is 3.58. The Morgan fingerprint density at radius 2 is 1.93 bits per heavy atom. The van der Waals surface area contributed by atoms with Gasteiger partial charge in [0.05, 0.1) is 15.5 Å². The minimum absolute atomic E-state index is 0.234. The number of aliphatic hydroxyl groups is 1. The number of aromatic nitrogens is 3. The molecule has 6 nitrogen and oxygen atoms in total. The number of fused-ring (bicyclic) bond motifs is 1. The second-order valence-electron chi connectivity index (χ2n) is 7.22. The Kier molecular flexibility index (Phi) is 4.20. The highest BCUT2D eigenvalue weighted by molar-refractivity contribution is 7.15. The maximum Gasteiger partial charge on any atom is 0.335 e. The maximum absolute atomic E-state index is 11.1. The Hall–Kier alpha value is -2.74. The van der Waals surface area contributed by atoms with Crippen LogP contribution in [0.2, 0.25) is 5.02 Å². The summed E-state index contributed by atoms with van der Waals surface area (Å²) in [5.41, 5.74) is 2.60. The number of hydrogen-bond acceptors (Lipinski definition) is 5. The standard InChI is InChI=1S/C21H16ClN3O3S/c22-14-9-23-18-13(8-15(25-18)11-2-4-12(5-3-11)19(26)27)17(14)16-10-24-20(29-16)21(28)6-1-7-21/h2-5,8-10,28H,1,6-7H2,(H,23,25)(H,26,27). The van der Waals surface area contributed by atoms with Gasteiger partial charge in [-0.3, -0.25) is 0 Å². The third-order valence-corrected chi connectivity index (χ3v) is 6.88. The quantitative estimate of drug-likeness (QED) is 0.423. The molecule has 0 amide bonds. The lowest BCUT2D eigenvalue weighted by Crippen LogP contribution is -2.33. The lowest BCUT2D eigenvalue weighted by molar-refractivity contribution is -0.0389. The van der Waals surface area contributed by atoms with Crippen molar-refractivity contribution in [1.29, 1.82) is 0 Å². The van der Waals surface area contributed by atoms with E-state index in [1.807, 2.05) is 6.07 Å². The first-order chi connectivity index (χ1) is 13.9. The summed E-state index contributed by atoms with van der Waals surface area (Å²) in [4.78, 5) is 24.1. The molecule has 3 N–H and O–H groups in total. The summed E-state index contributed by atoms with van der Waals surface area (Å²) < 4.78 is 0. The van der Waals surface area contributed by atoms with E-state index in [-0.39, 0.29) is 5.56 Å². The van der Waals surface area contributed by atoms with Crippen LogP contribution in [0.4, 0.5) is 0 Å². The number of carboxylic acids is 1. The molecule has 0 radical (unpaired) electrons. The van der Waals surface area contributed by atoms with E-state index >= 15 is 0 Å². The Bertz CT molecular complexity index is 1240. The van der Waals surface area contributed by atoms with Gasteiger partial charge in [-0.2, -0.15) is 0 Å². The van der Waals surface area contributed by atoms with E-state index < -0.39 is 11.6 Å². The number of pyridine rings is 1. The summed E-state index contributed by atoms with van der Waals surface area (Å²) in [6.07, 6.45) is 5.84. The largest absolute Gasteiger partial charge is 0.478 e. The zero-order valence-corrected chi connectivity index (χ0v) is 16.7. The van der Waals surface area contributed by atoms with Crippen LogP contribution in [-0.4, -0.2) is 31.1 Å². The lowest BCUT2D eigenvalue weighted by atomic mass is 9.81. The Morgan fingerprint density at radius 1 is 1.17 bits per heavy atom. The summed E-state index contributed by atoms with van der Waals surface area (Å²) in [6, 6.07) is 8.61. The van der Waals surface area contributed by atoms with Gasteiger partial charge < -0.3 is 15.2 Å². The van der Waals surface area contributed by atoms with E-state index in [1.165, 1.54) is 11.3 Å². The van der Waals surface area contributed by atoms with Gasteiger partial charge in [-0.1, -0.05) is 23.7 Å². The topological polar surface area (TPSA) is 99.1 Å². The van der Waals surface area contributed by atoms with Crippen LogP contribution in [0, 0.1) is 0 Å². The number of halogens is 1. The molecule has 0 saturated heterocycles. The minimum Gasteiger partial charge on any atom is -0.478 e. The minimum atomic E-state index is -0.960. The van der Waals surface area contributed by atoms with Crippen LogP contribution in [0.3, 0.4) is 0 Å². The van der Waals surface area contributed by atoms with Crippen molar-refractivity contribution in [2.75, 3.05) is 0 Å². The van der Waals surface area contributed by atoms with Gasteiger partial charge in [0, 0.05) is 29.0 Å². The highest BCUT2D eigenvalue weighted by Crippen LogP contribution is 2.46. The van der Waals surface area contributed by atoms with Gasteiger partial charge in [-0.05, 0) is 43.0 Å². The molecule has 0 aliphatic heterocycles. The van der Waals surface area contributed by atoms with Crippen LogP contribution in [0.25, 0.3) is 32.7 Å². The predicted molar refractivity (Wildman–Crippen MR) is 112 cm³/mol. The molecule has 1 aliphatic rings. The Morgan fingerprint density at radius 3 is 2.59 bits per heavy atom. The summed E-state index contributed by atoms with van der Waals surface area (Å²) in [7, 11) is 0. The number of rotatable bonds is 4. The van der Waals surface area contributed by atoms with Crippen molar-refractivity contribution in [1.82, 2.24) is 15.0 Å². The fourth-order valence-corrected chi connectivity index (χ4v) is 5.02. The molecular weight excluding hydrogens is 410 g/mol. The molecule has 0 unspecified atom stereocenters.